The van der Waals surface area contributed by atoms with Gasteiger partial charge in [0.15, 0.2) is 5.65 Å². The van der Waals surface area contributed by atoms with Crippen molar-refractivity contribution < 1.29 is 0 Å². The van der Waals surface area contributed by atoms with Crippen molar-refractivity contribution in [2.75, 3.05) is 12.5 Å². The van der Waals surface area contributed by atoms with Gasteiger partial charge in [0.25, 0.3) is 5.56 Å². The van der Waals surface area contributed by atoms with E-state index in [4.69, 9.17) is 0 Å². The Morgan fingerprint density at radius 2 is 2.00 bits per heavy atom. The maximum Gasteiger partial charge on any atom is 0.281 e. The Hall–Kier alpha value is -2.69. The molecule has 5 nitrogen and oxygen atoms in total. The van der Waals surface area contributed by atoms with Crippen LogP contribution in [0, 0.1) is 0 Å². The van der Waals surface area contributed by atoms with E-state index in [1.54, 1.807) is 7.05 Å². The second-order valence-corrected chi connectivity index (χ2v) is 5.17. The first-order chi connectivity index (χ1) is 10.3. The molecule has 1 aromatic carbocycles. The normalized spacial score (nSPS) is 12.8. The Morgan fingerprint density at radius 1 is 1.19 bits per heavy atom. The van der Waals surface area contributed by atoms with Crippen LogP contribution in [0.3, 0.4) is 0 Å². The number of pyridine rings is 1. The predicted molar refractivity (Wildman–Crippen MR) is 81.9 cm³/mol. The van der Waals surface area contributed by atoms with Crippen LogP contribution < -0.4 is 11.0 Å². The molecule has 104 valence electrons. The SMILES string of the molecule is CNn1cnc2nc3c(cc2c1=O)CCc1ccccc1-3. The lowest BCUT2D eigenvalue weighted by molar-refractivity contribution is 0.849. The highest BCUT2D eigenvalue weighted by atomic mass is 16.1. The van der Waals surface area contributed by atoms with Crippen molar-refractivity contribution in [2.24, 2.45) is 0 Å². The lowest BCUT2D eigenvalue weighted by Crippen LogP contribution is -2.27. The number of benzene rings is 1. The van der Waals surface area contributed by atoms with E-state index < -0.39 is 0 Å². The molecule has 0 bridgehead atoms. The molecule has 2 heterocycles. The molecule has 0 saturated carbocycles. The summed E-state index contributed by atoms with van der Waals surface area (Å²) >= 11 is 0. The summed E-state index contributed by atoms with van der Waals surface area (Å²) in [5, 5.41) is 0.560. The monoisotopic (exact) mass is 278 g/mol. The number of nitrogens with one attached hydrogen (secondary N) is 1. The van der Waals surface area contributed by atoms with Crippen molar-refractivity contribution in [3.63, 3.8) is 0 Å². The van der Waals surface area contributed by atoms with Gasteiger partial charge in [-0.2, -0.15) is 0 Å². The molecule has 3 aromatic rings. The molecule has 1 N–H and O–H groups in total. The van der Waals surface area contributed by atoms with E-state index in [-0.39, 0.29) is 5.56 Å². The minimum absolute atomic E-state index is 0.114. The summed E-state index contributed by atoms with van der Waals surface area (Å²) < 4.78 is 1.37. The Bertz CT molecular complexity index is 914. The summed E-state index contributed by atoms with van der Waals surface area (Å²) in [6.45, 7) is 0. The van der Waals surface area contributed by atoms with Crippen LogP contribution in [-0.4, -0.2) is 21.7 Å². The molecule has 0 saturated heterocycles. The van der Waals surface area contributed by atoms with Gasteiger partial charge in [-0.05, 0) is 30.0 Å². The van der Waals surface area contributed by atoms with Crippen molar-refractivity contribution >= 4 is 11.0 Å². The fourth-order valence-electron chi connectivity index (χ4n) is 2.92. The molecule has 0 aliphatic heterocycles. The van der Waals surface area contributed by atoms with Gasteiger partial charge in [-0.15, -0.1) is 0 Å². The van der Waals surface area contributed by atoms with Crippen molar-refractivity contribution in [3.8, 4) is 11.3 Å². The van der Waals surface area contributed by atoms with Crippen LogP contribution in [0.15, 0.2) is 41.5 Å². The largest absolute Gasteiger partial charge is 0.325 e. The van der Waals surface area contributed by atoms with E-state index in [0.29, 0.717) is 11.0 Å². The predicted octanol–water partition coefficient (Wildman–Crippen LogP) is 1.73. The van der Waals surface area contributed by atoms with Crippen LogP contribution in [0.2, 0.25) is 0 Å². The second-order valence-electron chi connectivity index (χ2n) is 5.17. The van der Waals surface area contributed by atoms with E-state index in [0.717, 1.165) is 29.7 Å². The highest BCUT2D eigenvalue weighted by Gasteiger charge is 2.19. The fourth-order valence-corrected chi connectivity index (χ4v) is 2.92. The number of fused-ring (bicyclic) bond motifs is 4. The molecule has 21 heavy (non-hydrogen) atoms. The third-order valence-corrected chi connectivity index (χ3v) is 4.00. The summed E-state index contributed by atoms with van der Waals surface area (Å²) in [7, 11) is 1.69. The first-order valence-corrected chi connectivity index (χ1v) is 6.95. The van der Waals surface area contributed by atoms with Crippen LogP contribution in [0.4, 0.5) is 0 Å². The summed E-state index contributed by atoms with van der Waals surface area (Å²) in [4.78, 5) is 21.2. The maximum atomic E-state index is 12.3. The zero-order valence-corrected chi connectivity index (χ0v) is 11.6. The quantitative estimate of drug-likeness (QED) is 0.736. The van der Waals surface area contributed by atoms with E-state index in [1.165, 1.54) is 16.6 Å². The Kier molecular flexibility index (Phi) is 2.54. The van der Waals surface area contributed by atoms with Crippen molar-refractivity contribution in [1.82, 2.24) is 14.6 Å². The Labute approximate surface area is 121 Å². The summed E-state index contributed by atoms with van der Waals surface area (Å²) in [5.41, 5.74) is 7.72. The standard InChI is InChI=1S/C16H14N4O/c1-17-20-9-18-15-13(16(20)21)8-11-7-6-10-4-2-3-5-12(10)14(11)19-15/h2-5,8-9,17H,6-7H2,1H3. The Balaban J connectivity index is 2.04. The molecule has 0 unspecified atom stereocenters. The molecule has 1 aliphatic rings. The van der Waals surface area contributed by atoms with Gasteiger partial charge in [0.05, 0.1) is 11.1 Å². The Morgan fingerprint density at radius 3 is 2.86 bits per heavy atom. The van der Waals surface area contributed by atoms with Gasteiger partial charge in [0.2, 0.25) is 0 Å². The lowest BCUT2D eigenvalue weighted by Gasteiger charge is -2.19. The summed E-state index contributed by atoms with van der Waals surface area (Å²) in [5.74, 6) is 0. The fraction of sp³-hybridized carbons (Fsp3) is 0.188. The third kappa shape index (κ3) is 1.74. The molecule has 0 radical (unpaired) electrons. The number of aromatic nitrogens is 3. The topological polar surface area (TPSA) is 59.8 Å². The van der Waals surface area contributed by atoms with Gasteiger partial charge in [-0.3, -0.25) is 4.79 Å². The highest BCUT2D eigenvalue weighted by molar-refractivity contribution is 5.81. The molecule has 0 amide bonds. The molecular weight excluding hydrogens is 264 g/mol. The molecule has 0 spiro atoms. The van der Waals surface area contributed by atoms with E-state index in [1.807, 2.05) is 12.1 Å². The average Bonchev–Trinajstić information content (AvgIpc) is 2.54. The first-order valence-electron chi connectivity index (χ1n) is 6.95. The smallest absolute Gasteiger partial charge is 0.281 e. The molecule has 1 aliphatic carbocycles. The second kappa shape index (κ2) is 4.41. The minimum Gasteiger partial charge on any atom is -0.325 e. The van der Waals surface area contributed by atoms with Gasteiger partial charge in [0, 0.05) is 12.6 Å². The molecule has 5 heteroatoms. The number of hydrogen-bond donors (Lipinski definition) is 1. The molecule has 2 aromatic heterocycles. The average molecular weight is 278 g/mol. The summed E-state index contributed by atoms with van der Waals surface area (Å²) in [6.07, 6.45) is 3.36. The number of nitrogens with zero attached hydrogens (tertiary/aromatic N) is 3. The van der Waals surface area contributed by atoms with Crippen LogP contribution >= 0.6 is 0 Å². The van der Waals surface area contributed by atoms with Gasteiger partial charge < -0.3 is 5.43 Å². The van der Waals surface area contributed by atoms with Crippen LogP contribution in [-0.2, 0) is 12.8 Å². The number of aryl methyl sites for hydroxylation is 2. The minimum atomic E-state index is -0.114. The third-order valence-electron chi connectivity index (χ3n) is 4.00. The number of rotatable bonds is 1. The number of hydrogen-bond acceptors (Lipinski definition) is 4. The van der Waals surface area contributed by atoms with Gasteiger partial charge >= 0.3 is 0 Å². The zero-order chi connectivity index (χ0) is 14.4. The van der Waals surface area contributed by atoms with Gasteiger partial charge in [0.1, 0.15) is 6.33 Å². The first kappa shape index (κ1) is 12.1. The van der Waals surface area contributed by atoms with Crippen LogP contribution in [0.25, 0.3) is 22.3 Å². The molecule has 4 rings (SSSR count). The van der Waals surface area contributed by atoms with Crippen molar-refractivity contribution in [1.29, 1.82) is 0 Å². The van der Waals surface area contributed by atoms with E-state index in [2.05, 4.69) is 33.6 Å². The van der Waals surface area contributed by atoms with Gasteiger partial charge in [-0.25, -0.2) is 14.6 Å². The lowest BCUT2D eigenvalue weighted by atomic mass is 9.89. The molecule has 0 fully saturated rings. The van der Waals surface area contributed by atoms with Gasteiger partial charge in [-0.1, -0.05) is 24.3 Å². The van der Waals surface area contributed by atoms with Crippen LogP contribution in [0.1, 0.15) is 11.1 Å². The van der Waals surface area contributed by atoms with E-state index in [9.17, 15) is 4.79 Å². The van der Waals surface area contributed by atoms with Crippen molar-refractivity contribution in [2.45, 2.75) is 12.8 Å². The zero-order valence-electron chi connectivity index (χ0n) is 11.6. The van der Waals surface area contributed by atoms with Crippen LogP contribution in [0.5, 0.6) is 0 Å². The summed E-state index contributed by atoms with van der Waals surface area (Å²) in [6, 6.07) is 10.2. The van der Waals surface area contributed by atoms with E-state index >= 15 is 0 Å². The molecule has 0 atom stereocenters. The van der Waals surface area contributed by atoms with Crippen molar-refractivity contribution in [3.05, 3.63) is 58.1 Å². The molecular formula is C16H14N4O. The maximum absolute atomic E-state index is 12.3. The highest BCUT2D eigenvalue weighted by Crippen LogP contribution is 2.32.